The first-order valence-electron chi connectivity index (χ1n) is 9.80. The van der Waals surface area contributed by atoms with Gasteiger partial charge in [0.25, 0.3) is 0 Å². The molecule has 30 heavy (non-hydrogen) atoms. The molecule has 4 heterocycles. The monoisotopic (exact) mass is 424 g/mol. The molecular weight excluding hydrogens is 404 g/mol. The van der Waals surface area contributed by atoms with Crippen molar-refractivity contribution in [3.8, 4) is 6.07 Å². The van der Waals surface area contributed by atoms with E-state index < -0.39 is 5.54 Å². The molecule has 0 bridgehead atoms. The molecule has 1 amide bonds. The molecular formula is C19H20N8O2S. The van der Waals surface area contributed by atoms with Gasteiger partial charge in [0.2, 0.25) is 17.7 Å². The predicted octanol–water partition coefficient (Wildman–Crippen LogP) is 0.725. The second-order valence-corrected chi connectivity index (χ2v) is 9.02. The maximum absolute atomic E-state index is 12.1. The summed E-state index contributed by atoms with van der Waals surface area (Å²) >= 11 is 1.61. The molecule has 1 aliphatic carbocycles. The molecule has 5 rings (SSSR count). The van der Waals surface area contributed by atoms with Gasteiger partial charge in [0.05, 0.1) is 23.5 Å². The summed E-state index contributed by atoms with van der Waals surface area (Å²) < 4.78 is 5.62. The van der Waals surface area contributed by atoms with E-state index in [9.17, 15) is 4.79 Å². The third-order valence-electron chi connectivity index (χ3n) is 5.33. The summed E-state index contributed by atoms with van der Waals surface area (Å²) in [7, 11) is 1.95. The molecule has 4 aliphatic rings. The van der Waals surface area contributed by atoms with E-state index in [2.05, 4.69) is 32.8 Å². The number of aromatic nitrogens is 2. The van der Waals surface area contributed by atoms with Crippen molar-refractivity contribution in [2.24, 2.45) is 21.0 Å². The van der Waals surface area contributed by atoms with E-state index in [1.54, 1.807) is 11.8 Å². The highest BCUT2D eigenvalue weighted by Crippen LogP contribution is 2.35. The molecule has 1 N–H and O–H groups in total. The Morgan fingerprint density at radius 3 is 2.97 bits per heavy atom. The van der Waals surface area contributed by atoms with Crippen LogP contribution in [0.25, 0.3) is 0 Å². The normalized spacial score (nSPS) is 28.0. The number of fused-ring (bicyclic) bond motifs is 1. The van der Waals surface area contributed by atoms with Crippen LogP contribution in [0.3, 0.4) is 0 Å². The lowest BCUT2D eigenvalue weighted by Gasteiger charge is -2.19. The summed E-state index contributed by atoms with van der Waals surface area (Å²) in [6.45, 7) is 0.840. The minimum Gasteiger partial charge on any atom is -0.424 e. The van der Waals surface area contributed by atoms with Crippen LogP contribution in [-0.4, -0.2) is 68.6 Å². The summed E-state index contributed by atoms with van der Waals surface area (Å²) in [6, 6.07) is 2.14. The number of aliphatic imine (C=N–C) groups is 2. The highest BCUT2D eigenvalue weighted by atomic mass is 32.2. The fraction of sp³-hybridized carbons (Fsp3) is 0.526. The van der Waals surface area contributed by atoms with Crippen LogP contribution in [0.15, 0.2) is 31.7 Å². The predicted molar refractivity (Wildman–Crippen MR) is 111 cm³/mol. The van der Waals surface area contributed by atoms with Crippen molar-refractivity contribution in [2.75, 3.05) is 13.6 Å². The molecule has 0 aromatic carbocycles. The van der Waals surface area contributed by atoms with Crippen LogP contribution in [0.2, 0.25) is 0 Å². The van der Waals surface area contributed by atoms with E-state index >= 15 is 0 Å². The van der Waals surface area contributed by atoms with E-state index in [-0.39, 0.29) is 35.6 Å². The maximum Gasteiger partial charge on any atom is 0.230 e. The van der Waals surface area contributed by atoms with Gasteiger partial charge in [0.15, 0.2) is 0 Å². The van der Waals surface area contributed by atoms with E-state index in [1.807, 2.05) is 24.3 Å². The molecule has 1 aromatic heterocycles. The molecule has 0 saturated heterocycles. The Hall–Kier alpha value is -3.00. The Balaban J connectivity index is 1.17. The number of dihydropyridines is 1. The van der Waals surface area contributed by atoms with Crippen LogP contribution in [0.4, 0.5) is 0 Å². The van der Waals surface area contributed by atoms with Gasteiger partial charge >= 0.3 is 0 Å². The number of nitrogens with one attached hydrogen (secondary N) is 1. The van der Waals surface area contributed by atoms with Crippen molar-refractivity contribution in [3.63, 3.8) is 0 Å². The fourth-order valence-corrected chi connectivity index (χ4v) is 4.68. The van der Waals surface area contributed by atoms with Crippen LogP contribution in [0, 0.1) is 17.2 Å². The number of hydrazone groups is 1. The molecule has 1 saturated carbocycles. The maximum atomic E-state index is 12.1. The van der Waals surface area contributed by atoms with Gasteiger partial charge in [-0.3, -0.25) is 19.8 Å². The first-order chi connectivity index (χ1) is 14.5. The zero-order chi connectivity index (χ0) is 20.7. The van der Waals surface area contributed by atoms with Gasteiger partial charge in [-0.1, -0.05) is 17.8 Å². The SMILES string of the molecule is CN1CC(C2=NC3SC(Cc4nnc(CC(=O)NC5(C#N)CC5)o4)=NC3C=C2)C=N1. The smallest absolute Gasteiger partial charge is 0.230 e. The fourth-order valence-electron chi connectivity index (χ4n) is 3.55. The molecule has 11 heteroatoms. The topological polar surface area (TPSA) is 132 Å². The van der Waals surface area contributed by atoms with Gasteiger partial charge in [0, 0.05) is 25.5 Å². The Kier molecular flexibility index (Phi) is 4.66. The van der Waals surface area contributed by atoms with Crippen molar-refractivity contribution in [1.29, 1.82) is 5.26 Å². The molecule has 0 spiro atoms. The van der Waals surface area contributed by atoms with Gasteiger partial charge in [-0.25, -0.2) is 0 Å². The zero-order valence-electron chi connectivity index (χ0n) is 16.4. The Labute approximate surface area is 177 Å². The van der Waals surface area contributed by atoms with Crippen LogP contribution >= 0.6 is 11.8 Å². The molecule has 3 aliphatic heterocycles. The van der Waals surface area contributed by atoms with E-state index in [1.165, 1.54) is 0 Å². The second-order valence-electron chi connectivity index (χ2n) is 7.83. The molecule has 1 fully saturated rings. The third-order valence-corrected chi connectivity index (χ3v) is 6.48. The summed E-state index contributed by atoms with van der Waals surface area (Å²) in [4.78, 5) is 21.6. The van der Waals surface area contributed by atoms with Crippen LogP contribution < -0.4 is 5.32 Å². The average Bonchev–Trinajstić information content (AvgIpc) is 3.05. The van der Waals surface area contributed by atoms with Gasteiger partial charge in [-0.2, -0.15) is 10.4 Å². The van der Waals surface area contributed by atoms with Crippen molar-refractivity contribution < 1.29 is 9.21 Å². The Bertz CT molecular complexity index is 1030. The number of nitrogens with zero attached hydrogens (tertiary/aromatic N) is 7. The number of nitriles is 1. The molecule has 0 radical (unpaired) electrons. The lowest BCUT2D eigenvalue weighted by Crippen LogP contribution is -2.36. The van der Waals surface area contributed by atoms with E-state index in [4.69, 9.17) is 19.7 Å². The highest BCUT2D eigenvalue weighted by Gasteiger charge is 2.44. The number of carbonyl (C=O) groups is 1. The number of rotatable bonds is 6. The second kappa shape index (κ2) is 7.36. The standard InChI is InChI=1S/C19H20N8O2S/c1-27-9-11(8-21-27)12-2-3-13-18(23-12)30-17(22-13)7-16-26-25-15(29-16)6-14(28)24-19(10-20)4-5-19/h2-3,8,11,13,18H,4-7,9H2,1H3,(H,24,28). The molecule has 10 nitrogen and oxygen atoms in total. The zero-order valence-corrected chi connectivity index (χ0v) is 17.2. The van der Waals surface area contributed by atoms with Crippen molar-refractivity contribution in [2.45, 2.75) is 42.6 Å². The number of thioether (sulfide) groups is 1. The van der Waals surface area contributed by atoms with Crippen LogP contribution in [0.1, 0.15) is 24.6 Å². The molecule has 154 valence electrons. The number of hydrogen-bond donors (Lipinski definition) is 1. The van der Waals surface area contributed by atoms with Crippen LogP contribution in [0.5, 0.6) is 0 Å². The van der Waals surface area contributed by atoms with Gasteiger partial charge in [-0.05, 0) is 18.9 Å². The highest BCUT2D eigenvalue weighted by molar-refractivity contribution is 8.14. The van der Waals surface area contributed by atoms with E-state index in [0.717, 1.165) is 17.3 Å². The first-order valence-corrected chi connectivity index (χ1v) is 10.7. The van der Waals surface area contributed by atoms with Crippen molar-refractivity contribution >= 4 is 34.6 Å². The third kappa shape index (κ3) is 3.87. The first kappa shape index (κ1) is 19.0. The molecule has 3 atom stereocenters. The van der Waals surface area contributed by atoms with E-state index in [0.29, 0.717) is 25.2 Å². The summed E-state index contributed by atoms with van der Waals surface area (Å²) in [5, 5.41) is 26.9. The van der Waals surface area contributed by atoms with Gasteiger partial charge < -0.3 is 9.73 Å². The number of allylic oxidation sites excluding steroid dienone is 1. The lowest BCUT2D eigenvalue weighted by atomic mass is 10.0. The summed E-state index contributed by atoms with van der Waals surface area (Å²) in [6.07, 6.45) is 7.82. The van der Waals surface area contributed by atoms with Crippen molar-refractivity contribution in [3.05, 3.63) is 23.9 Å². The Morgan fingerprint density at radius 2 is 2.23 bits per heavy atom. The lowest BCUT2D eigenvalue weighted by molar-refractivity contribution is -0.121. The molecule has 1 aromatic rings. The van der Waals surface area contributed by atoms with Crippen LogP contribution in [-0.2, 0) is 17.6 Å². The number of hydrogen-bond acceptors (Lipinski definition) is 10. The average molecular weight is 424 g/mol. The van der Waals surface area contributed by atoms with Gasteiger partial charge in [-0.15, -0.1) is 10.2 Å². The minimum atomic E-state index is -0.696. The summed E-state index contributed by atoms with van der Waals surface area (Å²) in [5.74, 6) is 0.595. The molecule has 3 unspecified atom stereocenters. The number of amides is 1. The summed E-state index contributed by atoms with van der Waals surface area (Å²) in [5.41, 5.74) is 0.336. The minimum absolute atomic E-state index is 0.0127. The van der Waals surface area contributed by atoms with Gasteiger partial charge in [0.1, 0.15) is 23.4 Å². The number of carbonyl (C=O) groups excluding carboxylic acids is 1. The van der Waals surface area contributed by atoms with Crippen molar-refractivity contribution in [1.82, 2.24) is 20.5 Å². The Morgan fingerprint density at radius 1 is 1.40 bits per heavy atom. The quantitative estimate of drug-likeness (QED) is 0.712. The largest absolute Gasteiger partial charge is 0.424 e.